The summed E-state index contributed by atoms with van der Waals surface area (Å²) >= 11 is 0. The number of urea groups is 1. The topological polar surface area (TPSA) is 98.6 Å². The van der Waals surface area contributed by atoms with Gasteiger partial charge in [0.15, 0.2) is 5.65 Å². The number of hydrogen-bond acceptors (Lipinski definition) is 4. The smallest absolute Gasteiger partial charge is 0.322 e. The zero-order valence-electron chi connectivity index (χ0n) is 15.1. The Balaban J connectivity index is 1.44. The number of aromatic nitrogens is 4. The van der Waals surface area contributed by atoms with Crippen molar-refractivity contribution in [3.63, 3.8) is 0 Å². The molecule has 1 aliphatic rings. The second-order valence-electron chi connectivity index (χ2n) is 6.50. The van der Waals surface area contributed by atoms with Crippen LogP contribution in [0.1, 0.15) is 22.6 Å². The van der Waals surface area contributed by atoms with E-state index in [4.69, 9.17) is 0 Å². The maximum Gasteiger partial charge on any atom is 0.322 e. The van der Waals surface area contributed by atoms with Crippen molar-refractivity contribution in [2.45, 2.75) is 13.3 Å². The molecule has 1 fully saturated rings. The molecule has 1 saturated heterocycles. The lowest BCUT2D eigenvalue weighted by molar-refractivity contribution is 0.0757. The van der Waals surface area contributed by atoms with E-state index in [1.54, 1.807) is 51.1 Å². The molecule has 0 saturated carbocycles. The monoisotopic (exact) mass is 367 g/mol. The van der Waals surface area contributed by atoms with Crippen molar-refractivity contribution in [2.75, 3.05) is 31.5 Å². The summed E-state index contributed by atoms with van der Waals surface area (Å²) in [6, 6.07) is 5.15. The average molecular weight is 367 g/mol. The number of carbonyl (C=O) groups excluding carboxylic acids is 2. The number of fused-ring (bicyclic) bond motifs is 1. The highest BCUT2D eigenvalue weighted by Crippen LogP contribution is 2.20. The Hall–Kier alpha value is -3.36. The van der Waals surface area contributed by atoms with Crippen molar-refractivity contribution >= 4 is 23.3 Å². The fraction of sp³-hybridized carbons (Fsp3) is 0.333. The van der Waals surface area contributed by atoms with Crippen LogP contribution in [0, 0.1) is 6.92 Å². The summed E-state index contributed by atoms with van der Waals surface area (Å²) in [5.74, 6) is -0.0371. The molecule has 27 heavy (non-hydrogen) atoms. The highest BCUT2D eigenvalue weighted by molar-refractivity contribution is 5.94. The number of carbonyl (C=O) groups is 2. The van der Waals surface area contributed by atoms with Crippen molar-refractivity contribution in [3.05, 3.63) is 48.2 Å². The van der Waals surface area contributed by atoms with Gasteiger partial charge in [0.2, 0.25) is 0 Å². The summed E-state index contributed by atoms with van der Waals surface area (Å²) < 4.78 is 1.64. The number of nitrogens with zero attached hydrogens (tertiary/aromatic N) is 5. The van der Waals surface area contributed by atoms with Crippen molar-refractivity contribution in [1.82, 2.24) is 29.4 Å². The van der Waals surface area contributed by atoms with Crippen LogP contribution in [0.3, 0.4) is 0 Å². The Labute approximate surface area is 156 Å². The molecular formula is C18H21N7O2. The van der Waals surface area contributed by atoms with E-state index in [0.717, 1.165) is 6.42 Å². The predicted octanol–water partition coefficient (Wildman–Crippen LogP) is 1.75. The first-order valence-electron chi connectivity index (χ1n) is 8.92. The van der Waals surface area contributed by atoms with Gasteiger partial charge in [0.1, 0.15) is 11.4 Å². The molecule has 0 spiro atoms. The normalized spacial score (nSPS) is 15.0. The molecule has 2 N–H and O–H groups in total. The van der Waals surface area contributed by atoms with E-state index in [2.05, 4.69) is 20.4 Å². The Morgan fingerprint density at radius 3 is 2.78 bits per heavy atom. The summed E-state index contributed by atoms with van der Waals surface area (Å²) in [5, 5.41) is 7.29. The first-order valence-corrected chi connectivity index (χ1v) is 8.92. The summed E-state index contributed by atoms with van der Waals surface area (Å²) in [7, 11) is 0. The van der Waals surface area contributed by atoms with Gasteiger partial charge in [-0.1, -0.05) is 0 Å². The highest BCUT2D eigenvalue weighted by atomic mass is 16.2. The van der Waals surface area contributed by atoms with Crippen molar-refractivity contribution < 1.29 is 9.59 Å². The third kappa shape index (κ3) is 3.35. The second-order valence-corrected chi connectivity index (χ2v) is 6.50. The van der Waals surface area contributed by atoms with Crippen LogP contribution in [0.5, 0.6) is 0 Å². The van der Waals surface area contributed by atoms with E-state index in [-0.39, 0.29) is 11.9 Å². The number of aromatic amines is 1. The number of rotatable bonds is 2. The van der Waals surface area contributed by atoms with Crippen LogP contribution in [0.15, 0.2) is 36.8 Å². The van der Waals surface area contributed by atoms with Crippen LogP contribution in [0.4, 0.5) is 10.5 Å². The molecule has 0 radical (unpaired) electrons. The largest absolute Gasteiger partial charge is 0.357 e. The summed E-state index contributed by atoms with van der Waals surface area (Å²) in [4.78, 5) is 36.0. The fourth-order valence-corrected chi connectivity index (χ4v) is 3.29. The van der Waals surface area contributed by atoms with E-state index >= 15 is 0 Å². The van der Waals surface area contributed by atoms with Crippen LogP contribution < -0.4 is 5.32 Å². The van der Waals surface area contributed by atoms with E-state index in [1.165, 1.54) is 0 Å². The fourth-order valence-electron chi connectivity index (χ4n) is 3.29. The number of aryl methyl sites for hydroxylation is 1. The molecule has 140 valence electrons. The molecule has 0 atom stereocenters. The van der Waals surface area contributed by atoms with Crippen molar-refractivity contribution in [2.24, 2.45) is 0 Å². The SMILES string of the molecule is Cc1nn2cccnc2c1NC(=O)N1CCCN(C(=O)c2ccc[nH]2)CC1. The minimum absolute atomic E-state index is 0.0371. The minimum atomic E-state index is -0.201. The maximum atomic E-state index is 12.8. The third-order valence-electron chi connectivity index (χ3n) is 4.70. The Bertz CT molecular complexity index is 963. The highest BCUT2D eigenvalue weighted by Gasteiger charge is 2.24. The molecule has 4 rings (SSSR count). The molecule has 0 bridgehead atoms. The Morgan fingerprint density at radius 2 is 1.96 bits per heavy atom. The average Bonchev–Trinajstić information content (AvgIpc) is 3.23. The molecule has 9 heteroatoms. The van der Waals surface area contributed by atoms with Crippen LogP contribution in [0.25, 0.3) is 5.65 Å². The number of amides is 3. The molecule has 3 aromatic heterocycles. The van der Waals surface area contributed by atoms with Gasteiger partial charge in [0.25, 0.3) is 5.91 Å². The predicted molar refractivity (Wildman–Crippen MR) is 99.6 cm³/mol. The van der Waals surface area contributed by atoms with E-state index < -0.39 is 0 Å². The lowest BCUT2D eigenvalue weighted by Crippen LogP contribution is -2.39. The molecule has 0 aliphatic carbocycles. The van der Waals surface area contributed by atoms with Crippen LogP contribution in [0.2, 0.25) is 0 Å². The number of hydrogen-bond donors (Lipinski definition) is 2. The molecule has 1 aliphatic heterocycles. The third-order valence-corrected chi connectivity index (χ3v) is 4.70. The number of H-pyrrole nitrogens is 1. The second kappa shape index (κ2) is 7.10. The van der Waals surface area contributed by atoms with Gasteiger partial charge < -0.3 is 20.1 Å². The lowest BCUT2D eigenvalue weighted by atomic mass is 10.3. The van der Waals surface area contributed by atoms with Gasteiger partial charge >= 0.3 is 6.03 Å². The Kier molecular flexibility index (Phi) is 4.49. The van der Waals surface area contributed by atoms with Crippen molar-refractivity contribution in [1.29, 1.82) is 0 Å². The Morgan fingerprint density at radius 1 is 1.15 bits per heavy atom. The van der Waals surface area contributed by atoms with Gasteiger partial charge in [0.05, 0.1) is 5.69 Å². The molecule has 0 aromatic carbocycles. The molecule has 9 nitrogen and oxygen atoms in total. The van der Waals surface area contributed by atoms with Crippen LogP contribution in [-0.2, 0) is 0 Å². The number of anilines is 1. The van der Waals surface area contributed by atoms with Crippen LogP contribution >= 0.6 is 0 Å². The van der Waals surface area contributed by atoms with E-state index in [1.807, 2.05) is 6.92 Å². The molecular weight excluding hydrogens is 346 g/mol. The van der Waals surface area contributed by atoms with Gasteiger partial charge in [-0.05, 0) is 31.5 Å². The zero-order valence-corrected chi connectivity index (χ0v) is 15.1. The number of nitrogens with one attached hydrogen (secondary N) is 2. The molecule has 4 heterocycles. The maximum absolute atomic E-state index is 12.8. The molecule has 3 aromatic rings. The summed E-state index contributed by atoms with van der Waals surface area (Å²) in [5.41, 5.74) is 2.51. The van der Waals surface area contributed by atoms with E-state index in [9.17, 15) is 9.59 Å². The quantitative estimate of drug-likeness (QED) is 0.721. The van der Waals surface area contributed by atoms with E-state index in [0.29, 0.717) is 48.9 Å². The standard InChI is InChI=1S/C18H21N7O2/c1-13-15(16-20-7-3-10-25(16)22-13)21-18(27)24-9-4-8-23(11-12-24)17(26)14-5-2-6-19-14/h2-3,5-7,10,19H,4,8-9,11-12H2,1H3,(H,21,27). The van der Waals surface area contributed by atoms with Gasteiger partial charge in [-0.15, -0.1) is 0 Å². The van der Waals surface area contributed by atoms with Gasteiger partial charge in [-0.2, -0.15) is 5.10 Å². The first kappa shape index (κ1) is 17.1. The zero-order chi connectivity index (χ0) is 18.8. The summed E-state index contributed by atoms with van der Waals surface area (Å²) in [6.45, 7) is 4.02. The minimum Gasteiger partial charge on any atom is -0.357 e. The van der Waals surface area contributed by atoms with Crippen LogP contribution in [-0.4, -0.2) is 67.5 Å². The summed E-state index contributed by atoms with van der Waals surface area (Å²) in [6.07, 6.45) is 5.92. The first-order chi connectivity index (χ1) is 13.1. The molecule has 0 unspecified atom stereocenters. The lowest BCUT2D eigenvalue weighted by Gasteiger charge is -2.22. The van der Waals surface area contributed by atoms with Gasteiger partial charge in [-0.3, -0.25) is 4.79 Å². The molecule has 3 amide bonds. The van der Waals surface area contributed by atoms with Crippen molar-refractivity contribution in [3.8, 4) is 0 Å². The van der Waals surface area contributed by atoms with Gasteiger partial charge in [-0.25, -0.2) is 14.3 Å². The van der Waals surface area contributed by atoms with Gasteiger partial charge in [0, 0.05) is 44.8 Å².